The summed E-state index contributed by atoms with van der Waals surface area (Å²) in [5, 5.41) is 6.73. The van der Waals surface area contributed by atoms with Crippen LogP contribution in [0.3, 0.4) is 0 Å². The second kappa shape index (κ2) is 6.03. The summed E-state index contributed by atoms with van der Waals surface area (Å²) in [6.45, 7) is 14.6. The van der Waals surface area contributed by atoms with Crippen LogP contribution in [-0.4, -0.2) is 23.1 Å². The second-order valence-corrected chi connectivity index (χ2v) is 5.49. The third-order valence-corrected chi connectivity index (χ3v) is 3.29. The molecule has 1 heterocycles. The Balaban J connectivity index is 2.88. The van der Waals surface area contributed by atoms with Crippen molar-refractivity contribution in [2.75, 3.05) is 23.7 Å². The van der Waals surface area contributed by atoms with Gasteiger partial charge in [0.05, 0.1) is 0 Å². The molecule has 0 saturated carbocycles. The van der Waals surface area contributed by atoms with E-state index in [9.17, 15) is 0 Å². The van der Waals surface area contributed by atoms with E-state index in [0.717, 1.165) is 42.5 Å². The average molecular weight is 250 g/mol. The molecule has 2 N–H and O–H groups in total. The number of hydrogen-bond acceptors (Lipinski definition) is 4. The minimum atomic E-state index is 0.281. The Morgan fingerprint density at radius 3 is 2.06 bits per heavy atom. The van der Waals surface area contributed by atoms with Gasteiger partial charge in [0.2, 0.25) is 0 Å². The predicted molar refractivity (Wildman–Crippen MR) is 78.2 cm³/mol. The van der Waals surface area contributed by atoms with E-state index in [2.05, 4.69) is 55.2 Å². The molecular weight excluding hydrogens is 224 g/mol. The molecule has 0 spiro atoms. The van der Waals surface area contributed by atoms with Crippen molar-refractivity contribution in [2.24, 2.45) is 5.41 Å². The molecule has 0 aliphatic heterocycles. The first-order chi connectivity index (χ1) is 8.39. The lowest BCUT2D eigenvalue weighted by atomic mass is 9.90. The fourth-order valence-corrected chi connectivity index (χ4v) is 1.59. The maximum Gasteiger partial charge on any atom is 0.134 e. The Morgan fingerprint density at radius 2 is 1.56 bits per heavy atom. The molecule has 0 aromatic carbocycles. The number of aromatic nitrogens is 2. The lowest BCUT2D eigenvalue weighted by Crippen LogP contribution is -2.23. The minimum Gasteiger partial charge on any atom is -0.370 e. The molecule has 0 bridgehead atoms. The zero-order valence-corrected chi connectivity index (χ0v) is 12.5. The van der Waals surface area contributed by atoms with Crippen molar-refractivity contribution in [2.45, 2.75) is 48.0 Å². The van der Waals surface area contributed by atoms with Crippen molar-refractivity contribution in [1.29, 1.82) is 0 Å². The van der Waals surface area contributed by atoms with E-state index in [0.29, 0.717) is 0 Å². The summed E-state index contributed by atoms with van der Waals surface area (Å²) in [7, 11) is 0. The van der Waals surface area contributed by atoms with Crippen LogP contribution in [0.4, 0.5) is 11.6 Å². The van der Waals surface area contributed by atoms with E-state index in [1.54, 1.807) is 0 Å². The highest BCUT2D eigenvalue weighted by atomic mass is 15.1. The van der Waals surface area contributed by atoms with Crippen LogP contribution in [0.5, 0.6) is 0 Å². The van der Waals surface area contributed by atoms with E-state index in [1.165, 1.54) is 0 Å². The van der Waals surface area contributed by atoms with Gasteiger partial charge >= 0.3 is 0 Å². The molecule has 1 rings (SSSR count). The van der Waals surface area contributed by atoms with Gasteiger partial charge in [0.25, 0.3) is 0 Å². The van der Waals surface area contributed by atoms with Crippen LogP contribution >= 0.6 is 0 Å². The molecule has 102 valence electrons. The number of hydrogen-bond donors (Lipinski definition) is 2. The lowest BCUT2D eigenvalue weighted by molar-refractivity contribution is 0.376. The van der Waals surface area contributed by atoms with Gasteiger partial charge in [0.15, 0.2) is 0 Å². The van der Waals surface area contributed by atoms with E-state index in [4.69, 9.17) is 0 Å². The highest BCUT2D eigenvalue weighted by molar-refractivity contribution is 5.57. The van der Waals surface area contributed by atoms with E-state index in [1.807, 2.05) is 6.92 Å². The molecule has 18 heavy (non-hydrogen) atoms. The van der Waals surface area contributed by atoms with Crippen molar-refractivity contribution in [3.05, 3.63) is 11.4 Å². The monoisotopic (exact) mass is 250 g/mol. The minimum absolute atomic E-state index is 0.281. The van der Waals surface area contributed by atoms with Gasteiger partial charge in [0, 0.05) is 18.7 Å². The molecule has 0 amide bonds. The van der Waals surface area contributed by atoms with Gasteiger partial charge in [0.1, 0.15) is 17.5 Å². The van der Waals surface area contributed by atoms with Crippen LogP contribution in [-0.2, 0) is 0 Å². The zero-order chi connectivity index (χ0) is 13.8. The van der Waals surface area contributed by atoms with Gasteiger partial charge in [-0.05, 0) is 32.6 Å². The summed E-state index contributed by atoms with van der Waals surface area (Å²) < 4.78 is 0. The van der Waals surface area contributed by atoms with Crippen LogP contribution in [0.2, 0.25) is 0 Å². The standard InChI is InChI=1S/C14H26N4/c1-7-14(5,6)9-16-13-10(3)12(15-8-2)17-11(4)18-13/h7-9H2,1-6H3,(H2,15,16,17,18). The fourth-order valence-electron chi connectivity index (χ4n) is 1.59. The Labute approximate surface area is 111 Å². The molecule has 0 fully saturated rings. The third kappa shape index (κ3) is 3.86. The van der Waals surface area contributed by atoms with Crippen LogP contribution in [0.15, 0.2) is 0 Å². The smallest absolute Gasteiger partial charge is 0.134 e. The second-order valence-electron chi connectivity index (χ2n) is 5.49. The predicted octanol–water partition coefficient (Wildman–Crippen LogP) is 3.37. The van der Waals surface area contributed by atoms with Crippen molar-refractivity contribution < 1.29 is 0 Å². The maximum atomic E-state index is 4.49. The Kier molecular flexibility index (Phi) is 4.93. The first-order valence-electron chi connectivity index (χ1n) is 6.72. The van der Waals surface area contributed by atoms with Gasteiger partial charge in [-0.25, -0.2) is 9.97 Å². The lowest BCUT2D eigenvalue weighted by Gasteiger charge is -2.24. The van der Waals surface area contributed by atoms with Crippen molar-refractivity contribution in [3.8, 4) is 0 Å². The number of aryl methyl sites for hydroxylation is 1. The van der Waals surface area contributed by atoms with Gasteiger partial charge in [-0.15, -0.1) is 0 Å². The number of nitrogens with one attached hydrogen (secondary N) is 2. The van der Waals surface area contributed by atoms with Crippen LogP contribution in [0.25, 0.3) is 0 Å². The number of anilines is 2. The first-order valence-corrected chi connectivity index (χ1v) is 6.72. The van der Waals surface area contributed by atoms with Crippen LogP contribution < -0.4 is 10.6 Å². The summed E-state index contributed by atoms with van der Waals surface area (Å²) in [5.74, 6) is 2.68. The molecule has 1 aromatic rings. The molecule has 0 radical (unpaired) electrons. The molecular formula is C14H26N4. The highest BCUT2D eigenvalue weighted by Crippen LogP contribution is 2.23. The molecule has 0 atom stereocenters. The molecule has 0 aliphatic rings. The summed E-state index contributed by atoms with van der Waals surface area (Å²) in [6, 6.07) is 0. The molecule has 4 nitrogen and oxygen atoms in total. The van der Waals surface area contributed by atoms with Crippen LogP contribution in [0.1, 0.15) is 45.5 Å². The van der Waals surface area contributed by atoms with Crippen LogP contribution in [0, 0.1) is 19.3 Å². The van der Waals surface area contributed by atoms with Crippen molar-refractivity contribution in [1.82, 2.24) is 9.97 Å². The van der Waals surface area contributed by atoms with E-state index in [-0.39, 0.29) is 5.41 Å². The molecule has 4 heteroatoms. The average Bonchev–Trinajstić information content (AvgIpc) is 2.32. The first kappa shape index (κ1) is 14.7. The summed E-state index contributed by atoms with van der Waals surface area (Å²) in [4.78, 5) is 8.92. The maximum absolute atomic E-state index is 4.49. The quantitative estimate of drug-likeness (QED) is 0.812. The molecule has 0 saturated heterocycles. The largest absolute Gasteiger partial charge is 0.370 e. The van der Waals surface area contributed by atoms with Gasteiger partial charge in [-0.3, -0.25) is 0 Å². The molecule has 1 aromatic heterocycles. The van der Waals surface area contributed by atoms with Gasteiger partial charge < -0.3 is 10.6 Å². The number of rotatable bonds is 6. The topological polar surface area (TPSA) is 49.8 Å². The van der Waals surface area contributed by atoms with Gasteiger partial charge in [-0.1, -0.05) is 20.8 Å². The Morgan fingerprint density at radius 1 is 1.00 bits per heavy atom. The molecule has 0 unspecified atom stereocenters. The zero-order valence-electron chi connectivity index (χ0n) is 12.5. The SMILES string of the molecule is CCNc1nc(C)nc(NCC(C)(C)CC)c1C. The van der Waals surface area contributed by atoms with Crippen molar-refractivity contribution >= 4 is 11.6 Å². The summed E-state index contributed by atoms with van der Waals surface area (Å²) in [6.07, 6.45) is 1.14. The normalized spacial score (nSPS) is 11.4. The Bertz CT molecular complexity index is 399. The summed E-state index contributed by atoms with van der Waals surface area (Å²) in [5.41, 5.74) is 1.37. The molecule has 0 aliphatic carbocycles. The van der Waals surface area contributed by atoms with E-state index < -0.39 is 0 Å². The Hall–Kier alpha value is -1.32. The van der Waals surface area contributed by atoms with Crippen molar-refractivity contribution in [3.63, 3.8) is 0 Å². The third-order valence-electron chi connectivity index (χ3n) is 3.29. The van der Waals surface area contributed by atoms with Gasteiger partial charge in [-0.2, -0.15) is 0 Å². The highest BCUT2D eigenvalue weighted by Gasteiger charge is 2.16. The summed E-state index contributed by atoms with van der Waals surface area (Å²) >= 11 is 0. The number of nitrogens with zero attached hydrogens (tertiary/aromatic N) is 2. The van der Waals surface area contributed by atoms with E-state index >= 15 is 0 Å². The fraction of sp³-hybridized carbons (Fsp3) is 0.714.